The lowest BCUT2D eigenvalue weighted by Gasteiger charge is -2.11. The van der Waals surface area contributed by atoms with E-state index >= 15 is 0 Å². The van der Waals surface area contributed by atoms with Gasteiger partial charge in [0.1, 0.15) is 12.1 Å². The van der Waals surface area contributed by atoms with Crippen LogP contribution in [-0.4, -0.2) is 41.0 Å². The summed E-state index contributed by atoms with van der Waals surface area (Å²) in [6.45, 7) is 0. The Morgan fingerprint density at radius 1 is 0.968 bits per heavy atom. The van der Waals surface area contributed by atoms with Crippen LogP contribution in [0.3, 0.4) is 0 Å². The number of carbonyl (C=O) groups excluding carboxylic acids is 2. The SMILES string of the molecule is COC(=O)c1cc(Nc2ncnc(Oc3ccccc3)c2[N+](=O)[O-])cc(C(=O)OC)c1. The Labute approximate surface area is 175 Å². The molecule has 11 nitrogen and oxygen atoms in total. The third-order valence-corrected chi connectivity index (χ3v) is 3.97. The number of anilines is 2. The van der Waals surface area contributed by atoms with Crippen LogP contribution in [0.4, 0.5) is 17.2 Å². The lowest BCUT2D eigenvalue weighted by Crippen LogP contribution is -2.09. The van der Waals surface area contributed by atoms with Crippen molar-refractivity contribution < 1.29 is 28.7 Å². The van der Waals surface area contributed by atoms with E-state index in [4.69, 9.17) is 4.74 Å². The molecule has 0 aliphatic rings. The molecule has 0 aliphatic heterocycles. The number of carbonyl (C=O) groups is 2. The van der Waals surface area contributed by atoms with Crippen molar-refractivity contribution in [2.24, 2.45) is 0 Å². The van der Waals surface area contributed by atoms with Crippen molar-refractivity contribution in [2.75, 3.05) is 19.5 Å². The zero-order valence-corrected chi connectivity index (χ0v) is 16.4. The van der Waals surface area contributed by atoms with Crippen LogP contribution < -0.4 is 10.1 Å². The molecule has 3 rings (SSSR count). The second kappa shape index (κ2) is 9.31. The van der Waals surface area contributed by atoms with E-state index in [0.29, 0.717) is 5.75 Å². The minimum Gasteiger partial charge on any atom is -0.465 e. The Kier molecular flexibility index (Phi) is 6.36. The highest BCUT2D eigenvalue weighted by Crippen LogP contribution is 2.35. The van der Waals surface area contributed by atoms with Gasteiger partial charge in [0.05, 0.1) is 30.3 Å². The molecule has 158 valence electrons. The van der Waals surface area contributed by atoms with Crippen molar-refractivity contribution in [2.45, 2.75) is 0 Å². The number of hydrogen-bond donors (Lipinski definition) is 1. The topological polar surface area (TPSA) is 143 Å². The smallest absolute Gasteiger partial charge is 0.373 e. The van der Waals surface area contributed by atoms with Crippen LogP contribution in [0.25, 0.3) is 0 Å². The van der Waals surface area contributed by atoms with Gasteiger partial charge in [0.25, 0.3) is 0 Å². The van der Waals surface area contributed by atoms with Crippen LogP contribution in [0.15, 0.2) is 54.9 Å². The van der Waals surface area contributed by atoms with E-state index in [1.807, 2.05) is 0 Å². The number of nitrogens with zero attached hydrogens (tertiary/aromatic N) is 3. The molecule has 0 atom stereocenters. The van der Waals surface area contributed by atoms with Crippen LogP contribution in [0.1, 0.15) is 20.7 Å². The maximum absolute atomic E-state index is 12.0. The molecule has 0 saturated heterocycles. The van der Waals surface area contributed by atoms with Crippen molar-refractivity contribution in [3.05, 3.63) is 76.1 Å². The van der Waals surface area contributed by atoms with Crippen LogP contribution in [0, 0.1) is 10.1 Å². The molecule has 0 unspecified atom stereocenters. The van der Waals surface area contributed by atoms with Gasteiger partial charge in [-0.15, -0.1) is 0 Å². The van der Waals surface area contributed by atoms with Gasteiger partial charge in [-0.05, 0) is 30.3 Å². The number of rotatable bonds is 7. The van der Waals surface area contributed by atoms with E-state index < -0.39 is 22.5 Å². The van der Waals surface area contributed by atoms with Gasteiger partial charge < -0.3 is 19.5 Å². The molecular formula is C20H16N4O7. The zero-order chi connectivity index (χ0) is 22.4. The highest BCUT2D eigenvalue weighted by Gasteiger charge is 2.26. The molecule has 1 N–H and O–H groups in total. The summed E-state index contributed by atoms with van der Waals surface area (Å²) in [5.41, 5.74) is -0.305. The van der Waals surface area contributed by atoms with E-state index in [0.717, 1.165) is 6.33 Å². The molecule has 2 aromatic carbocycles. The number of hydrogen-bond acceptors (Lipinski definition) is 10. The van der Waals surface area contributed by atoms with Crippen LogP contribution in [-0.2, 0) is 9.47 Å². The van der Waals surface area contributed by atoms with E-state index in [9.17, 15) is 19.7 Å². The monoisotopic (exact) mass is 424 g/mol. The van der Waals surface area contributed by atoms with Crippen molar-refractivity contribution >= 4 is 29.1 Å². The quantitative estimate of drug-likeness (QED) is 0.340. The first kappa shape index (κ1) is 21.2. The van der Waals surface area contributed by atoms with Gasteiger partial charge in [-0.3, -0.25) is 10.1 Å². The van der Waals surface area contributed by atoms with Gasteiger partial charge in [0.15, 0.2) is 0 Å². The molecule has 31 heavy (non-hydrogen) atoms. The highest BCUT2D eigenvalue weighted by molar-refractivity contribution is 5.97. The summed E-state index contributed by atoms with van der Waals surface area (Å²) < 4.78 is 14.9. The first-order valence-electron chi connectivity index (χ1n) is 8.74. The summed E-state index contributed by atoms with van der Waals surface area (Å²) in [6.07, 6.45) is 1.08. The molecule has 3 aromatic rings. The van der Waals surface area contributed by atoms with E-state index in [1.165, 1.54) is 32.4 Å². The lowest BCUT2D eigenvalue weighted by atomic mass is 10.1. The number of nitrogens with one attached hydrogen (secondary N) is 1. The molecule has 0 bridgehead atoms. The first-order valence-corrected chi connectivity index (χ1v) is 8.74. The van der Waals surface area contributed by atoms with Crippen molar-refractivity contribution in [3.63, 3.8) is 0 Å². The number of nitro groups is 1. The summed E-state index contributed by atoms with van der Waals surface area (Å²) in [4.78, 5) is 42.7. The Balaban J connectivity index is 2.04. The van der Waals surface area contributed by atoms with Crippen molar-refractivity contribution in [3.8, 4) is 11.6 Å². The van der Waals surface area contributed by atoms with Gasteiger partial charge in [0, 0.05) is 5.69 Å². The van der Waals surface area contributed by atoms with Crippen LogP contribution in [0.2, 0.25) is 0 Å². The van der Waals surface area contributed by atoms with Gasteiger partial charge >= 0.3 is 23.5 Å². The maximum atomic E-state index is 12.0. The summed E-state index contributed by atoms with van der Waals surface area (Å²) >= 11 is 0. The molecule has 1 heterocycles. The summed E-state index contributed by atoms with van der Waals surface area (Å²) in [6, 6.07) is 12.4. The van der Waals surface area contributed by atoms with E-state index in [1.54, 1.807) is 30.3 Å². The predicted octanol–water partition coefficient (Wildman–Crippen LogP) is 3.49. The lowest BCUT2D eigenvalue weighted by molar-refractivity contribution is -0.385. The average Bonchev–Trinajstić information content (AvgIpc) is 2.78. The van der Waals surface area contributed by atoms with Gasteiger partial charge in [-0.25, -0.2) is 14.6 Å². The Hall–Kier alpha value is -4.54. The molecule has 0 spiro atoms. The predicted molar refractivity (Wildman–Crippen MR) is 108 cm³/mol. The highest BCUT2D eigenvalue weighted by atomic mass is 16.6. The van der Waals surface area contributed by atoms with E-state index in [2.05, 4.69) is 24.8 Å². The number of benzene rings is 2. The minimum atomic E-state index is -0.709. The summed E-state index contributed by atoms with van der Waals surface area (Å²) in [7, 11) is 2.37. The van der Waals surface area contributed by atoms with Crippen molar-refractivity contribution in [1.82, 2.24) is 9.97 Å². The Morgan fingerprint density at radius 2 is 1.58 bits per heavy atom. The number of methoxy groups -OCH3 is 2. The molecule has 11 heteroatoms. The van der Waals surface area contributed by atoms with E-state index in [-0.39, 0.29) is 28.5 Å². The number of para-hydroxylation sites is 1. The Bertz CT molecular complexity index is 1100. The Morgan fingerprint density at radius 3 is 2.13 bits per heavy atom. The van der Waals surface area contributed by atoms with Crippen LogP contribution in [0.5, 0.6) is 11.6 Å². The average molecular weight is 424 g/mol. The number of ether oxygens (including phenoxy) is 3. The number of esters is 2. The number of aromatic nitrogens is 2. The fraction of sp³-hybridized carbons (Fsp3) is 0.100. The minimum absolute atomic E-state index is 0.0327. The molecule has 0 aliphatic carbocycles. The fourth-order valence-corrected chi connectivity index (χ4v) is 2.60. The molecule has 1 aromatic heterocycles. The maximum Gasteiger partial charge on any atom is 0.373 e. The molecule has 0 fully saturated rings. The second-order valence-corrected chi connectivity index (χ2v) is 5.96. The summed E-state index contributed by atoms with van der Waals surface area (Å²) in [5.74, 6) is -1.57. The van der Waals surface area contributed by atoms with Gasteiger partial charge in [-0.1, -0.05) is 18.2 Å². The zero-order valence-electron chi connectivity index (χ0n) is 16.4. The normalized spacial score (nSPS) is 10.1. The summed E-state index contributed by atoms with van der Waals surface area (Å²) in [5, 5.41) is 14.5. The first-order chi connectivity index (χ1) is 14.9. The molecule has 0 amide bonds. The van der Waals surface area contributed by atoms with Gasteiger partial charge in [0.2, 0.25) is 5.82 Å². The third-order valence-electron chi connectivity index (χ3n) is 3.97. The van der Waals surface area contributed by atoms with Crippen LogP contribution >= 0.6 is 0 Å². The molecule has 0 saturated carbocycles. The van der Waals surface area contributed by atoms with Crippen molar-refractivity contribution in [1.29, 1.82) is 0 Å². The molecule has 0 radical (unpaired) electrons. The fourth-order valence-electron chi connectivity index (χ4n) is 2.60. The standard InChI is InChI=1S/C20H16N4O7/c1-29-19(25)12-8-13(20(26)30-2)10-14(9-12)23-17-16(24(27)28)18(22-11-21-17)31-15-6-4-3-5-7-15/h3-11H,1-2H3,(H,21,22,23). The van der Waals surface area contributed by atoms with Gasteiger partial charge in [-0.2, -0.15) is 4.98 Å². The largest absolute Gasteiger partial charge is 0.465 e. The third kappa shape index (κ3) is 4.90. The molecular weight excluding hydrogens is 408 g/mol. The second-order valence-electron chi connectivity index (χ2n) is 5.96.